The summed E-state index contributed by atoms with van der Waals surface area (Å²) in [6.07, 6.45) is 1.47. The molecule has 0 bridgehead atoms. The molecule has 0 atom stereocenters. The molecule has 158 valence electrons. The number of hydrogen-bond acceptors (Lipinski definition) is 7. The summed E-state index contributed by atoms with van der Waals surface area (Å²) in [4.78, 5) is 23.6. The van der Waals surface area contributed by atoms with Crippen LogP contribution in [0.2, 0.25) is 0 Å². The SMILES string of the molecule is CCNCC1CCN(S(=O)(=O)c2cc(C(=O)OC)ccc2C(=O)OC)CC1.Cl. The number of nitrogens with zero attached hydrogens (tertiary/aromatic N) is 1. The second kappa shape index (κ2) is 10.8. The molecule has 0 unspecified atom stereocenters. The minimum atomic E-state index is -3.95. The Labute approximate surface area is 172 Å². The Kier molecular flexibility index (Phi) is 9.35. The number of benzene rings is 1. The van der Waals surface area contributed by atoms with Gasteiger partial charge in [0.2, 0.25) is 10.0 Å². The lowest BCUT2D eigenvalue weighted by Crippen LogP contribution is -2.41. The Morgan fingerprint density at radius 2 is 1.75 bits per heavy atom. The highest BCUT2D eigenvalue weighted by Crippen LogP contribution is 2.27. The van der Waals surface area contributed by atoms with E-state index in [9.17, 15) is 18.0 Å². The summed E-state index contributed by atoms with van der Waals surface area (Å²) in [5, 5.41) is 3.28. The van der Waals surface area contributed by atoms with E-state index < -0.39 is 22.0 Å². The number of nitrogens with one attached hydrogen (secondary N) is 1. The number of hydrogen-bond donors (Lipinski definition) is 1. The fourth-order valence-electron chi connectivity index (χ4n) is 3.10. The van der Waals surface area contributed by atoms with Crippen molar-refractivity contribution in [3.63, 3.8) is 0 Å². The van der Waals surface area contributed by atoms with Crippen LogP contribution in [-0.4, -0.2) is 65.1 Å². The van der Waals surface area contributed by atoms with Crippen molar-refractivity contribution >= 4 is 34.4 Å². The third-order valence-electron chi connectivity index (χ3n) is 4.68. The van der Waals surface area contributed by atoms with Gasteiger partial charge in [-0.05, 0) is 50.0 Å². The molecule has 0 aliphatic carbocycles. The first-order chi connectivity index (χ1) is 12.8. The number of esters is 2. The summed E-state index contributed by atoms with van der Waals surface area (Å²) in [6, 6.07) is 3.81. The average Bonchev–Trinajstić information content (AvgIpc) is 2.70. The number of sulfonamides is 1. The first kappa shape index (κ1) is 24.4. The van der Waals surface area contributed by atoms with Crippen LogP contribution in [0.25, 0.3) is 0 Å². The molecule has 1 N–H and O–H groups in total. The summed E-state index contributed by atoms with van der Waals surface area (Å²) in [6.45, 7) is 4.49. The number of ether oxygens (including phenoxy) is 2. The molecule has 2 rings (SSSR count). The maximum absolute atomic E-state index is 13.2. The van der Waals surface area contributed by atoms with Crippen molar-refractivity contribution in [3.8, 4) is 0 Å². The van der Waals surface area contributed by atoms with Crippen LogP contribution in [0, 0.1) is 5.92 Å². The predicted octanol–water partition coefficient (Wildman–Crippen LogP) is 1.69. The molecule has 0 radical (unpaired) electrons. The highest BCUT2D eigenvalue weighted by Gasteiger charge is 2.33. The minimum absolute atomic E-state index is 0. The van der Waals surface area contributed by atoms with E-state index >= 15 is 0 Å². The van der Waals surface area contributed by atoms with Gasteiger partial charge in [0.1, 0.15) is 0 Å². The number of carbonyl (C=O) groups excluding carboxylic acids is 2. The van der Waals surface area contributed by atoms with Gasteiger partial charge in [0.15, 0.2) is 0 Å². The molecular weight excluding hydrogens is 408 g/mol. The van der Waals surface area contributed by atoms with E-state index in [2.05, 4.69) is 10.1 Å². The smallest absolute Gasteiger partial charge is 0.339 e. The molecule has 1 aromatic rings. The van der Waals surface area contributed by atoms with Crippen LogP contribution >= 0.6 is 12.4 Å². The van der Waals surface area contributed by atoms with E-state index in [0.29, 0.717) is 19.0 Å². The van der Waals surface area contributed by atoms with Gasteiger partial charge in [-0.25, -0.2) is 18.0 Å². The molecule has 1 fully saturated rings. The topological polar surface area (TPSA) is 102 Å². The van der Waals surface area contributed by atoms with E-state index in [1.165, 1.54) is 36.7 Å². The standard InChI is InChI=1S/C18H26N2O6S.ClH/c1-4-19-12-13-7-9-20(10-8-13)27(23,24)16-11-14(17(21)25-2)5-6-15(16)18(22)26-3;/h5-6,11,13,19H,4,7-10,12H2,1-3H3;1H. The Bertz CT molecular complexity index is 791. The average molecular weight is 435 g/mol. The summed E-state index contributed by atoms with van der Waals surface area (Å²) < 4.78 is 37.0. The van der Waals surface area contributed by atoms with Crippen molar-refractivity contribution in [2.45, 2.75) is 24.7 Å². The zero-order valence-corrected chi connectivity index (χ0v) is 17.9. The van der Waals surface area contributed by atoms with Crippen molar-refractivity contribution in [1.29, 1.82) is 0 Å². The maximum Gasteiger partial charge on any atom is 0.339 e. The molecule has 10 heteroatoms. The molecule has 0 aromatic heterocycles. The van der Waals surface area contributed by atoms with Gasteiger partial charge < -0.3 is 14.8 Å². The van der Waals surface area contributed by atoms with Gasteiger partial charge in [-0.15, -0.1) is 12.4 Å². The van der Waals surface area contributed by atoms with Gasteiger partial charge in [0, 0.05) is 13.1 Å². The Balaban J connectivity index is 0.00000392. The molecule has 1 aromatic carbocycles. The first-order valence-corrected chi connectivity index (χ1v) is 10.3. The minimum Gasteiger partial charge on any atom is -0.465 e. The van der Waals surface area contributed by atoms with Gasteiger partial charge in [0.25, 0.3) is 0 Å². The molecule has 0 saturated carbocycles. The van der Waals surface area contributed by atoms with Crippen LogP contribution in [0.15, 0.2) is 23.1 Å². The summed E-state index contributed by atoms with van der Waals surface area (Å²) in [7, 11) is -1.56. The van der Waals surface area contributed by atoms with E-state index in [1.807, 2.05) is 6.92 Å². The first-order valence-electron chi connectivity index (χ1n) is 8.86. The van der Waals surface area contributed by atoms with Crippen molar-refractivity contribution < 1.29 is 27.5 Å². The van der Waals surface area contributed by atoms with Gasteiger partial charge in [0.05, 0.1) is 30.2 Å². The van der Waals surface area contributed by atoms with Gasteiger partial charge >= 0.3 is 11.9 Å². The van der Waals surface area contributed by atoms with Gasteiger partial charge in [-0.2, -0.15) is 4.31 Å². The number of methoxy groups -OCH3 is 2. The van der Waals surface area contributed by atoms with Crippen molar-refractivity contribution in [1.82, 2.24) is 9.62 Å². The molecule has 28 heavy (non-hydrogen) atoms. The monoisotopic (exact) mass is 434 g/mol. The Morgan fingerprint density at radius 3 is 2.29 bits per heavy atom. The summed E-state index contributed by atoms with van der Waals surface area (Å²) >= 11 is 0. The number of carbonyl (C=O) groups is 2. The van der Waals surface area contributed by atoms with Crippen LogP contribution < -0.4 is 5.32 Å². The van der Waals surface area contributed by atoms with Crippen LogP contribution in [0.4, 0.5) is 0 Å². The van der Waals surface area contributed by atoms with Crippen LogP contribution in [0.5, 0.6) is 0 Å². The van der Waals surface area contributed by atoms with Crippen LogP contribution in [0.1, 0.15) is 40.5 Å². The lowest BCUT2D eigenvalue weighted by atomic mass is 9.98. The normalized spacial score (nSPS) is 15.5. The molecule has 0 amide bonds. The Hall–Kier alpha value is -1.68. The molecule has 1 saturated heterocycles. The predicted molar refractivity (Wildman–Crippen MR) is 106 cm³/mol. The molecule has 1 heterocycles. The van der Waals surface area contributed by atoms with E-state index in [4.69, 9.17) is 4.74 Å². The summed E-state index contributed by atoms with van der Waals surface area (Å²) in [5.41, 5.74) is -0.0364. The number of piperidine rings is 1. The van der Waals surface area contributed by atoms with Crippen molar-refractivity contribution in [2.75, 3.05) is 40.4 Å². The van der Waals surface area contributed by atoms with E-state index in [0.717, 1.165) is 25.9 Å². The lowest BCUT2D eigenvalue weighted by Gasteiger charge is -2.31. The lowest BCUT2D eigenvalue weighted by molar-refractivity contribution is 0.0583. The molecule has 1 aliphatic heterocycles. The quantitative estimate of drug-likeness (QED) is 0.651. The maximum atomic E-state index is 13.2. The third kappa shape index (κ3) is 5.44. The Morgan fingerprint density at radius 1 is 1.14 bits per heavy atom. The summed E-state index contributed by atoms with van der Waals surface area (Å²) in [5.74, 6) is -1.03. The van der Waals surface area contributed by atoms with Crippen molar-refractivity contribution in [2.24, 2.45) is 5.92 Å². The third-order valence-corrected chi connectivity index (χ3v) is 6.62. The van der Waals surface area contributed by atoms with Gasteiger partial charge in [-0.3, -0.25) is 0 Å². The molecule has 8 nitrogen and oxygen atoms in total. The van der Waals surface area contributed by atoms with Gasteiger partial charge in [-0.1, -0.05) is 6.92 Å². The van der Waals surface area contributed by atoms with E-state index in [-0.39, 0.29) is 28.4 Å². The van der Waals surface area contributed by atoms with Crippen molar-refractivity contribution in [3.05, 3.63) is 29.3 Å². The highest BCUT2D eigenvalue weighted by atomic mass is 35.5. The number of halogens is 1. The zero-order valence-electron chi connectivity index (χ0n) is 16.3. The second-order valence-electron chi connectivity index (χ2n) is 6.35. The fourth-order valence-corrected chi connectivity index (χ4v) is 4.78. The fraction of sp³-hybridized carbons (Fsp3) is 0.556. The largest absolute Gasteiger partial charge is 0.465 e. The zero-order chi connectivity index (χ0) is 20.0. The molecule has 0 spiro atoms. The second-order valence-corrected chi connectivity index (χ2v) is 8.26. The molecule has 1 aliphatic rings. The van der Waals surface area contributed by atoms with Crippen LogP contribution in [0.3, 0.4) is 0 Å². The van der Waals surface area contributed by atoms with E-state index in [1.54, 1.807) is 0 Å². The molecular formula is C18H27ClN2O6S. The number of rotatable bonds is 7. The van der Waals surface area contributed by atoms with Crippen LogP contribution in [-0.2, 0) is 19.5 Å². The highest BCUT2D eigenvalue weighted by molar-refractivity contribution is 7.89.